The highest BCUT2D eigenvalue weighted by atomic mass is 79.9. The highest BCUT2D eigenvalue weighted by Crippen LogP contribution is 2.55. The Kier molecular flexibility index (Phi) is 3.82. The van der Waals surface area contributed by atoms with E-state index in [1.807, 2.05) is 30.3 Å². The Morgan fingerprint density at radius 2 is 1.73 bits per heavy atom. The molecule has 136 valence electrons. The van der Waals surface area contributed by atoms with Crippen LogP contribution in [0.3, 0.4) is 0 Å². The zero-order chi connectivity index (χ0) is 17.9. The van der Waals surface area contributed by atoms with Gasteiger partial charge in [0.05, 0.1) is 17.1 Å². The zero-order valence-corrected chi connectivity index (χ0v) is 16.6. The number of ether oxygens (including phenoxy) is 1. The molecule has 3 nitrogen and oxygen atoms in total. The van der Waals surface area contributed by atoms with Crippen LogP contribution in [0, 0.1) is 17.8 Å². The van der Waals surface area contributed by atoms with Gasteiger partial charge >= 0.3 is 0 Å². The topological polar surface area (TPSA) is 38.3 Å². The summed E-state index contributed by atoms with van der Waals surface area (Å²) < 4.78 is 6.47. The van der Waals surface area contributed by atoms with E-state index in [1.54, 1.807) is 7.11 Å². The first-order valence-electron chi connectivity index (χ1n) is 9.65. The molecule has 0 aromatic heterocycles. The van der Waals surface area contributed by atoms with Gasteiger partial charge in [-0.15, -0.1) is 0 Å². The fourth-order valence-electron chi connectivity index (χ4n) is 6.22. The van der Waals surface area contributed by atoms with Crippen LogP contribution in [0.1, 0.15) is 48.9 Å². The van der Waals surface area contributed by atoms with Crippen molar-refractivity contribution in [3.8, 4) is 5.75 Å². The normalized spacial score (nSPS) is 32.0. The van der Waals surface area contributed by atoms with Crippen LogP contribution in [0.5, 0.6) is 5.75 Å². The Hall–Kier alpha value is -1.55. The molecule has 26 heavy (non-hydrogen) atoms. The maximum atomic E-state index is 13.3. The molecule has 6 rings (SSSR count). The lowest BCUT2D eigenvalue weighted by molar-refractivity contribution is -0.0167. The second-order valence-corrected chi connectivity index (χ2v) is 9.44. The number of carbonyl (C=O) groups is 1. The van der Waals surface area contributed by atoms with Crippen molar-refractivity contribution in [1.82, 2.24) is 5.32 Å². The summed E-state index contributed by atoms with van der Waals surface area (Å²) in [6, 6.07) is 10.1. The highest BCUT2D eigenvalue weighted by Gasteiger charge is 2.51. The molecule has 0 spiro atoms. The molecule has 4 saturated carbocycles. The van der Waals surface area contributed by atoms with Gasteiger partial charge in [0.15, 0.2) is 0 Å². The number of amides is 1. The van der Waals surface area contributed by atoms with Gasteiger partial charge in [-0.1, -0.05) is 24.3 Å². The Morgan fingerprint density at radius 1 is 1.12 bits per heavy atom. The van der Waals surface area contributed by atoms with Crippen molar-refractivity contribution in [2.24, 2.45) is 17.8 Å². The number of nitrogens with one attached hydrogen (secondary N) is 1. The monoisotopic (exact) mass is 413 g/mol. The molecular weight excluding hydrogens is 390 g/mol. The van der Waals surface area contributed by atoms with Crippen LogP contribution >= 0.6 is 15.9 Å². The lowest BCUT2D eigenvalue weighted by atomic mass is 9.53. The first-order valence-corrected chi connectivity index (χ1v) is 10.4. The maximum Gasteiger partial charge on any atom is 0.255 e. The summed E-state index contributed by atoms with van der Waals surface area (Å²) in [5.41, 5.74) is 0.642. The number of methoxy groups -OCH3 is 1. The molecule has 4 fully saturated rings. The molecule has 4 aliphatic rings. The second-order valence-electron chi connectivity index (χ2n) is 8.64. The standard InChI is InChI=1S/C22H24BrNO2/c1-26-20-18(9-16-4-2-3-5-17(16)19(20)23)21(25)24-22-10-13-6-14(11-22)8-15(7-13)12-22/h2-5,9,13-15H,6-8,10-12H2,1H3,(H,24,25). The number of benzene rings is 2. The van der Waals surface area contributed by atoms with Crippen LogP contribution in [0.15, 0.2) is 34.8 Å². The molecule has 1 N–H and O–H groups in total. The summed E-state index contributed by atoms with van der Waals surface area (Å²) >= 11 is 3.65. The average molecular weight is 414 g/mol. The van der Waals surface area contributed by atoms with E-state index in [9.17, 15) is 4.79 Å². The van der Waals surface area contributed by atoms with Gasteiger partial charge in [0.25, 0.3) is 5.91 Å². The minimum Gasteiger partial charge on any atom is -0.495 e. The predicted molar refractivity (Wildman–Crippen MR) is 107 cm³/mol. The van der Waals surface area contributed by atoms with E-state index in [-0.39, 0.29) is 11.4 Å². The second kappa shape index (κ2) is 5.98. The predicted octanol–water partition coefficient (Wildman–Crippen LogP) is 5.31. The van der Waals surface area contributed by atoms with Crippen molar-refractivity contribution in [3.05, 3.63) is 40.4 Å². The van der Waals surface area contributed by atoms with Crippen LogP contribution in [-0.4, -0.2) is 18.6 Å². The minimum atomic E-state index is 0.00889. The van der Waals surface area contributed by atoms with Crippen LogP contribution in [0.25, 0.3) is 10.8 Å². The summed E-state index contributed by atoms with van der Waals surface area (Å²) in [7, 11) is 1.64. The van der Waals surface area contributed by atoms with Gasteiger partial charge in [0.2, 0.25) is 0 Å². The van der Waals surface area contributed by atoms with Gasteiger partial charge in [-0.3, -0.25) is 4.79 Å². The number of hydrogen-bond donors (Lipinski definition) is 1. The van der Waals surface area contributed by atoms with Gasteiger partial charge < -0.3 is 10.1 Å². The van der Waals surface area contributed by atoms with Crippen LogP contribution in [0.4, 0.5) is 0 Å². The summed E-state index contributed by atoms with van der Waals surface area (Å²) in [4.78, 5) is 13.3. The van der Waals surface area contributed by atoms with Crippen LogP contribution in [-0.2, 0) is 0 Å². The van der Waals surface area contributed by atoms with E-state index in [0.717, 1.165) is 52.3 Å². The van der Waals surface area contributed by atoms with Crippen molar-refractivity contribution in [2.75, 3.05) is 7.11 Å². The number of fused-ring (bicyclic) bond motifs is 1. The number of hydrogen-bond acceptors (Lipinski definition) is 2. The third-order valence-electron chi connectivity index (χ3n) is 6.81. The minimum absolute atomic E-state index is 0.00889. The Labute approximate surface area is 162 Å². The highest BCUT2D eigenvalue weighted by molar-refractivity contribution is 9.10. The molecule has 0 saturated heterocycles. The van der Waals surface area contributed by atoms with Crippen LogP contribution in [0.2, 0.25) is 0 Å². The summed E-state index contributed by atoms with van der Waals surface area (Å²) in [6.45, 7) is 0. The summed E-state index contributed by atoms with van der Waals surface area (Å²) in [6.07, 6.45) is 7.59. The van der Waals surface area contributed by atoms with Crippen molar-refractivity contribution in [1.29, 1.82) is 0 Å². The molecular formula is C22H24BrNO2. The molecule has 0 aliphatic heterocycles. The van der Waals surface area contributed by atoms with Crippen LogP contribution < -0.4 is 10.1 Å². The number of halogens is 1. The molecule has 4 heteroatoms. The molecule has 1 amide bonds. The molecule has 4 aliphatic carbocycles. The van der Waals surface area contributed by atoms with Gasteiger partial charge in [0.1, 0.15) is 5.75 Å². The van der Waals surface area contributed by atoms with E-state index < -0.39 is 0 Å². The summed E-state index contributed by atoms with van der Waals surface area (Å²) in [5.74, 6) is 3.08. The molecule has 0 unspecified atom stereocenters. The summed E-state index contributed by atoms with van der Waals surface area (Å²) in [5, 5.41) is 5.58. The van der Waals surface area contributed by atoms with Gasteiger partial charge in [-0.2, -0.15) is 0 Å². The Balaban J connectivity index is 1.51. The number of rotatable bonds is 3. The van der Waals surface area contributed by atoms with Crippen molar-refractivity contribution >= 4 is 32.6 Å². The third kappa shape index (κ3) is 2.57. The van der Waals surface area contributed by atoms with E-state index in [2.05, 4.69) is 21.2 Å². The van der Waals surface area contributed by atoms with Crippen molar-refractivity contribution in [3.63, 3.8) is 0 Å². The van der Waals surface area contributed by atoms with E-state index in [1.165, 1.54) is 19.3 Å². The zero-order valence-electron chi connectivity index (χ0n) is 15.1. The fourth-order valence-corrected chi connectivity index (χ4v) is 6.96. The SMILES string of the molecule is COc1c(C(=O)NC23CC4CC(CC(C4)C2)C3)cc2ccccc2c1Br. The van der Waals surface area contributed by atoms with Crippen molar-refractivity contribution in [2.45, 2.75) is 44.1 Å². The van der Waals surface area contributed by atoms with Gasteiger partial charge in [-0.05, 0) is 89.0 Å². The molecule has 0 heterocycles. The molecule has 2 aromatic carbocycles. The first kappa shape index (κ1) is 16.6. The van der Waals surface area contributed by atoms with E-state index in [0.29, 0.717) is 11.3 Å². The third-order valence-corrected chi connectivity index (χ3v) is 7.59. The molecule has 0 atom stereocenters. The maximum absolute atomic E-state index is 13.3. The first-order chi connectivity index (χ1) is 12.6. The molecule has 4 bridgehead atoms. The lowest BCUT2D eigenvalue weighted by Gasteiger charge is -2.56. The quantitative estimate of drug-likeness (QED) is 0.739. The van der Waals surface area contributed by atoms with E-state index >= 15 is 0 Å². The van der Waals surface area contributed by atoms with E-state index in [4.69, 9.17) is 4.74 Å². The Morgan fingerprint density at radius 3 is 2.35 bits per heavy atom. The van der Waals surface area contributed by atoms with Gasteiger partial charge in [0, 0.05) is 5.54 Å². The fraction of sp³-hybridized carbons (Fsp3) is 0.500. The van der Waals surface area contributed by atoms with Crippen molar-refractivity contribution < 1.29 is 9.53 Å². The molecule has 0 radical (unpaired) electrons. The lowest BCUT2D eigenvalue weighted by Crippen LogP contribution is -2.59. The van der Waals surface area contributed by atoms with Gasteiger partial charge in [-0.25, -0.2) is 0 Å². The molecule has 2 aromatic rings. The average Bonchev–Trinajstić information content (AvgIpc) is 2.60. The number of carbonyl (C=O) groups excluding carboxylic acids is 1. The smallest absolute Gasteiger partial charge is 0.255 e. The largest absolute Gasteiger partial charge is 0.495 e. The Bertz CT molecular complexity index is 856.